The van der Waals surface area contributed by atoms with Gasteiger partial charge in [0.1, 0.15) is 15.8 Å². The van der Waals surface area contributed by atoms with Gasteiger partial charge in [-0.2, -0.15) is 13.2 Å². The average molecular weight is 677 g/mol. The Morgan fingerprint density at radius 1 is 0.786 bits per heavy atom. The predicted octanol–water partition coefficient (Wildman–Crippen LogP) is 7.83. The van der Waals surface area contributed by atoms with Crippen molar-refractivity contribution >= 4 is 81.2 Å². The molecule has 0 saturated heterocycles. The fourth-order valence-corrected chi connectivity index (χ4v) is 5.09. The lowest BCUT2D eigenvalue weighted by Crippen LogP contribution is -2.30. The Kier molecular flexibility index (Phi) is 8.62. The Bertz CT molecular complexity index is 1640. The molecule has 0 aromatic heterocycles. The SMILES string of the molecule is O=C(Nc1c(F)ccc(NC(=O)C(F)(F)F)c1F)c1cc(NC(=O)[C@H]2[C@H](c3ccc(Cl)c(Cl)c3)C2(Cl)Cl)cc(F)c1F. The highest BCUT2D eigenvalue weighted by molar-refractivity contribution is 6.53. The van der Waals surface area contributed by atoms with Crippen LogP contribution in [0.5, 0.6) is 0 Å². The van der Waals surface area contributed by atoms with E-state index >= 15 is 0 Å². The number of halogens is 11. The molecule has 0 spiro atoms. The summed E-state index contributed by atoms with van der Waals surface area (Å²) in [4.78, 5) is 36.7. The Labute approximate surface area is 251 Å². The smallest absolute Gasteiger partial charge is 0.326 e. The molecule has 0 aliphatic heterocycles. The first-order chi connectivity index (χ1) is 19.4. The number of amides is 3. The number of hydrogen-bond acceptors (Lipinski definition) is 3. The standard InChI is InChI=1S/C25H12Cl4F7N3O3/c26-11-2-1-8(5-12(11)27)16-17(24(16,28)29)22(41)37-9-6-10(18(32)14(31)7-9)21(40)39-20-13(30)3-4-15(19(20)33)38-23(42)25(34,35)36/h1-7,16-17H,(H,37,41)(H,38,42)(H,39,40)/t16-,17+/m0/s1. The van der Waals surface area contributed by atoms with E-state index in [-0.39, 0.29) is 10.0 Å². The van der Waals surface area contributed by atoms with Gasteiger partial charge in [0.05, 0.1) is 27.2 Å². The number of anilines is 3. The minimum atomic E-state index is -5.43. The van der Waals surface area contributed by atoms with Gasteiger partial charge in [0.25, 0.3) is 5.91 Å². The highest BCUT2D eigenvalue weighted by atomic mass is 35.5. The molecule has 0 heterocycles. The van der Waals surface area contributed by atoms with Crippen LogP contribution in [0.1, 0.15) is 21.8 Å². The van der Waals surface area contributed by atoms with E-state index in [0.29, 0.717) is 29.8 Å². The molecular formula is C25H12Cl4F7N3O3. The van der Waals surface area contributed by atoms with E-state index in [9.17, 15) is 45.1 Å². The van der Waals surface area contributed by atoms with Gasteiger partial charge in [-0.3, -0.25) is 14.4 Å². The van der Waals surface area contributed by atoms with Crippen LogP contribution in [0, 0.1) is 29.2 Å². The first-order valence-corrected chi connectivity index (χ1v) is 12.7. The number of nitrogens with one attached hydrogen (secondary N) is 3. The molecule has 3 aromatic rings. The predicted molar refractivity (Wildman–Crippen MR) is 141 cm³/mol. The summed E-state index contributed by atoms with van der Waals surface area (Å²) in [7, 11) is 0. The molecule has 2 atom stereocenters. The zero-order chi connectivity index (χ0) is 31.3. The molecule has 1 fully saturated rings. The molecule has 3 N–H and O–H groups in total. The maximum Gasteiger partial charge on any atom is 0.471 e. The second kappa shape index (κ2) is 11.4. The van der Waals surface area contributed by atoms with E-state index in [1.54, 1.807) is 5.32 Å². The minimum absolute atomic E-state index is 0.154. The molecular weight excluding hydrogens is 665 g/mol. The van der Waals surface area contributed by atoms with Gasteiger partial charge in [0.2, 0.25) is 5.91 Å². The van der Waals surface area contributed by atoms with Crippen LogP contribution in [-0.2, 0) is 9.59 Å². The molecule has 6 nitrogen and oxygen atoms in total. The number of carbonyl (C=O) groups is 3. The molecule has 3 amide bonds. The van der Waals surface area contributed by atoms with Gasteiger partial charge in [0.15, 0.2) is 17.5 Å². The van der Waals surface area contributed by atoms with E-state index in [4.69, 9.17) is 46.4 Å². The Hall–Kier alpha value is -3.26. The van der Waals surface area contributed by atoms with Gasteiger partial charge < -0.3 is 16.0 Å². The summed E-state index contributed by atoms with van der Waals surface area (Å²) in [5.74, 6) is -13.9. The maximum atomic E-state index is 14.7. The lowest BCUT2D eigenvalue weighted by molar-refractivity contribution is -0.167. The van der Waals surface area contributed by atoms with Crippen molar-refractivity contribution in [1.29, 1.82) is 0 Å². The molecule has 222 valence electrons. The zero-order valence-electron chi connectivity index (χ0n) is 20.1. The Morgan fingerprint density at radius 3 is 2.07 bits per heavy atom. The second-order valence-electron chi connectivity index (χ2n) is 8.80. The zero-order valence-corrected chi connectivity index (χ0v) is 23.1. The first kappa shape index (κ1) is 31.7. The van der Waals surface area contributed by atoms with Crippen molar-refractivity contribution in [3.8, 4) is 0 Å². The lowest BCUT2D eigenvalue weighted by atomic mass is 10.1. The van der Waals surface area contributed by atoms with Crippen LogP contribution in [0.15, 0.2) is 42.5 Å². The van der Waals surface area contributed by atoms with Crippen molar-refractivity contribution in [2.75, 3.05) is 16.0 Å². The van der Waals surface area contributed by atoms with Crippen LogP contribution in [0.4, 0.5) is 47.8 Å². The van der Waals surface area contributed by atoms with Crippen molar-refractivity contribution in [3.05, 3.63) is 86.9 Å². The van der Waals surface area contributed by atoms with Gasteiger partial charge in [-0.25, -0.2) is 17.6 Å². The molecule has 0 bridgehead atoms. The van der Waals surface area contributed by atoms with Gasteiger partial charge in [-0.1, -0.05) is 29.3 Å². The van der Waals surface area contributed by atoms with E-state index in [2.05, 4.69) is 5.32 Å². The first-order valence-electron chi connectivity index (χ1n) is 11.2. The normalized spacial score (nSPS) is 17.4. The molecule has 1 aliphatic rings. The van der Waals surface area contributed by atoms with Gasteiger partial charge in [-0.05, 0) is 35.9 Å². The highest BCUT2D eigenvalue weighted by Gasteiger charge is 2.67. The van der Waals surface area contributed by atoms with Crippen molar-refractivity contribution in [1.82, 2.24) is 0 Å². The van der Waals surface area contributed by atoms with Crippen molar-refractivity contribution in [2.24, 2.45) is 5.92 Å². The van der Waals surface area contributed by atoms with Crippen molar-refractivity contribution in [2.45, 2.75) is 16.4 Å². The third-order valence-electron chi connectivity index (χ3n) is 6.01. The largest absolute Gasteiger partial charge is 0.471 e. The molecule has 1 saturated carbocycles. The number of carbonyl (C=O) groups excluding carboxylic acids is 3. The maximum absolute atomic E-state index is 14.7. The molecule has 3 aromatic carbocycles. The third-order valence-corrected chi connectivity index (χ3v) is 7.69. The minimum Gasteiger partial charge on any atom is -0.326 e. The van der Waals surface area contributed by atoms with E-state index < -0.39 is 86.0 Å². The number of rotatable bonds is 6. The van der Waals surface area contributed by atoms with Crippen LogP contribution >= 0.6 is 46.4 Å². The van der Waals surface area contributed by atoms with Gasteiger partial charge in [0, 0.05) is 17.7 Å². The summed E-state index contributed by atoms with van der Waals surface area (Å²) in [6, 6.07) is 6.37. The summed E-state index contributed by atoms with van der Waals surface area (Å²) in [6.07, 6.45) is -5.43. The van der Waals surface area contributed by atoms with Gasteiger partial charge >= 0.3 is 12.1 Å². The summed E-state index contributed by atoms with van der Waals surface area (Å²) >= 11 is 24.4. The lowest BCUT2D eigenvalue weighted by Gasteiger charge is -2.14. The fraction of sp³-hybridized carbons (Fsp3) is 0.160. The summed E-state index contributed by atoms with van der Waals surface area (Å²) in [5.41, 5.74) is -3.76. The second-order valence-corrected chi connectivity index (χ2v) is 11.1. The molecule has 1 aliphatic carbocycles. The molecule has 17 heteroatoms. The van der Waals surface area contributed by atoms with E-state index in [0.717, 1.165) is 5.32 Å². The monoisotopic (exact) mass is 675 g/mol. The van der Waals surface area contributed by atoms with Crippen LogP contribution in [0.25, 0.3) is 0 Å². The molecule has 0 radical (unpaired) electrons. The quantitative estimate of drug-likeness (QED) is 0.184. The third kappa shape index (κ3) is 6.24. The topological polar surface area (TPSA) is 87.3 Å². The number of benzene rings is 3. The highest BCUT2D eigenvalue weighted by Crippen LogP contribution is 2.65. The molecule has 4 rings (SSSR count). The van der Waals surface area contributed by atoms with Crippen LogP contribution in [-0.4, -0.2) is 28.2 Å². The van der Waals surface area contributed by atoms with E-state index in [1.165, 1.54) is 18.2 Å². The molecule has 0 unspecified atom stereocenters. The summed E-state index contributed by atoms with van der Waals surface area (Å²) < 4.78 is 93.7. The fourth-order valence-electron chi connectivity index (χ4n) is 3.96. The van der Waals surface area contributed by atoms with E-state index in [1.807, 2.05) is 0 Å². The average Bonchev–Trinajstić information content (AvgIpc) is 3.48. The van der Waals surface area contributed by atoms with Crippen LogP contribution < -0.4 is 16.0 Å². The number of hydrogen-bond donors (Lipinski definition) is 3. The van der Waals surface area contributed by atoms with Crippen LogP contribution in [0.2, 0.25) is 10.0 Å². The Morgan fingerprint density at radius 2 is 1.45 bits per heavy atom. The van der Waals surface area contributed by atoms with Crippen LogP contribution in [0.3, 0.4) is 0 Å². The molecule has 42 heavy (non-hydrogen) atoms. The van der Waals surface area contributed by atoms with Crippen molar-refractivity contribution < 1.29 is 45.1 Å². The summed E-state index contributed by atoms with van der Waals surface area (Å²) in [6.45, 7) is 0. The Balaban J connectivity index is 1.56. The van der Waals surface area contributed by atoms with Crippen molar-refractivity contribution in [3.63, 3.8) is 0 Å². The summed E-state index contributed by atoms with van der Waals surface area (Å²) in [5, 5.41) is 5.33. The number of alkyl halides is 5. The van der Waals surface area contributed by atoms with Gasteiger partial charge in [-0.15, -0.1) is 23.2 Å².